The van der Waals surface area contributed by atoms with Crippen LogP contribution in [0, 0.1) is 0 Å². The third-order valence-electron chi connectivity index (χ3n) is 2.19. The molecular formula is C10H11NO2. The van der Waals surface area contributed by atoms with Crippen LogP contribution in [0.15, 0.2) is 24.3 Å². The first kappa shape index (κ1) is 8.10. The van der Waals surface area contributed by atoms with Gasteiger partial charge in [-0.05, 0) is 11.1 Å². The molecule has 1 aliphatic heterocycles. The predicted octanol–water partition coefficient (Wildman–Crippen LogP) is 1.77. The fourth-order valence-corrected chi connectivity index (χ4v) is 1.42. The molecule has 0 unspecified atom stereocenters. The number of benzene rings is 1. The fourth-order valence-electron chi connectivity index (χ4n) is 1.42. The monoisotopic (exact) mass is 177 g/mol. The van der Waals surface area contributed by atoms with E-state index in [4.69, 9.17) is 4.74 Å². The lowest BCUT2D eigenvalue weighted by atomic mass is 10.1. The highest BCUT2D eigenvalue weighted by Crippen LogP contribution is 2.16. The number of ether oxygens (including phenoxy) is 1. The van der Waals surface area contributed by atoms with Gasteiger partial charge in [-0.15, -0.1) is 0 Å². The van der Waals surface area contributed by atoms with Crippen LogP contribution in [0.3, 0.4) is 0 Å². The van der Waals surface area contributed by atoms with E-state index in [0.717, 1.165) is 11.1 Å². The van der Waals surface area contributed by atoms with Crippen molar-refractivity contribution in [2.24, 2.45) is 0 Å². The first-order chi connectivity index (χ1) is 6.27. The summed E-state index contributed by atoms with van der Waals surface area (Å²) in [5.41, 5.74) is 2.26. The first-order valence-electron chi connectivity index (χ1n) is 4.22. The summed E-state index contributed by atoms with van der Waals surface area (Å²) in [7, 11) is 1.74. The Bertz CT molecular complexity index is 335. The van der Waals surface area contributed by atoms with E-state index < -0.39 is 0 Å². The quantitative estimate of drug-likeness (QED) is 0.604. The van der Waals surface area contributed by atoms with Crippen molar-refractivity contribution >= 4 is 6.09 Å². The molecule has 0 atom stereocenters. The minimum absolute atomic E-state index is 0.254. The van der Waals surface area contributed by atoms with Crippen LogP contribution < -0.4 is 0 Å². The highest BCUT2D eigenvalue weighted by Gasteiger charge is 2.17. The number of rotatable bonds is 0. The molecule has 1 aromatic carbocycles. The summed E-state index contributed by atoms with van der Waals surface area (Å²) in [5, 5.41) is 0. The lowest BCUT2D eigenvalue weighted by Gasteiger charge is -2.11. The van der Waals surface area contributed by atoms with Crippen molar-refractivity contribution in [2.45, 2.75) is 13.2 Å². The molecule has 0 aromatic heterocycles. The zero-order valence-electron chi connectivity index (χ0n) is 7.49. The average Bonchev–Trinajstić information content (AvgIpc) is 2.28. The highest BCUT2D eigenvalue weighted by molar-refractivity contribution is 5.68. The van der Waals surface area contributed by atoms with E-state index in [2.05, 4.69) is 0 Å². The number of hydrogen-bond donors (Lipinski definition) is 0. The summed E-state index contributed by atoms with van der Waals surface area (Å²) in [4.78, 5) is 12.8. The molecule has 1 amide bonds. The molecular weight excluding hydrogens is 166 g/mol. The number of amides is 1. The van der Waals surface area contributed by atoms with Gasteiger partial charge in [-0.25, -0.2) is 4.79 Å². The normalized spacial score (nSPS) is 16.1. The molecule has 1 heterocycles. The summed E-state index contributed by atoms with van der Waals surface area (Å²) in [5.74, 6) is 0. The van der Waals surface area contributed by atoms with Crippen molar-refractivity contribution in [3.8, 4) is 0 Å². The van der Waals surface area contributed by atoms with Crippen LogP contribution >= 0.6 is 0 Å². The van der Waals surface area contributed by atoms with Crippen molar-refractivity contribution in [1.82, 2.24) is 4.90 Å². The number of carbonyl (C=O) groups excluding carboxylic acids is 1. The Morgan fingerprint density at radius 1 is 1.31 bits per heavy atom. The van der Waals surface area contributed by atoms with Gasteiger partial charge in [0.05, 0.1) is 0 Å². The molecule has 2 rings (SSSR count). The highest BCUT2D eigenvalue weighted by atomic mass is 16.6. The van der Waals surface area contributed by atoms with Crippen LogP contribution in [-0.4, -0.2) is 18.0 Å². The molecule has 1 aromatic rings. The third kappa shape index (κ3) is 1.49. The van der Waals surface area contributed by atoms with Crippen LogP contribution in [0.1, 0.15) is 11.1 Å². The van der Waals surface area contributed by atoms with Gasteiger partial charge in [0.2, 0.25) is 0 Å². The van der Waals surface area contributed by atoms with Gasteiger partial charge in [0, 0.05) is 13.6 Å². The zero-order valence-corrected chi connectivity index (χ0v) is 7.49. The maximum atomic E-state index is 11.2. The molecule has 0 saturated carbocycles. The largest absolute Gasteiger partial charge is 0.445 e. The van der Waals surface area contributed by atoms with Crippen LogP contribution in [0.25, 0.3) is 0 Å². The van der Waals surface area contributed by atoms with Crippen molar-refractivity contribution in [3.05, 3.63) is 35.4 Å². The molecule has 0 fully saturated rings. The van der Waals surface area contributed by atoms with Crippen LogP contribution in [0.4, 0.5) is 4.79 Å². The number of hydrogen-bond acceptors (Lipinski definition) is 2. The van der Waals surface area contributed by atoms with E-state index in [-0.39, 0.29) is 6.09 Å². The Labute approximate surface area is 76.9 Å². The lowest BCUT2D eigenvalue weighted by Crippen LogP contribution is -2.24. The molecule has 0 saturated heterocycles. The third-order valence-corrected chi connectivity index (χ3v) is 2.19. The number of nitrogens with zero attached hydrogens (tertiary/aromatic N) is 1. The molecule has 0 N–H and O–H groups in total. The van der Waals surface area contributed by atoms with Crippen LogP contribution in [-0.2, 0) is 17.9 Å². The molecule has 3 heteroatoms. The van der Waals surface area contributed by atoms with Gasteiger partial charge in [0.1, 0.15) is 6.61 Å². The van der Waals surface area contributed by atoms with E-state index in [0.29, 0.717) is 13.2 Å². The van der Waals surface area contributed by atoms with Crippen LogP contribution in [0.2, 0.25) is 0 Å². The molecule has 1 aliphatic rings. The second kappa shape index (κ2) is 3.09. The minimum Gasteiger partial charge on any atom is -0.445 e. The van der Waals surface area contributed by atoms with Crippen molar-refractivity contribution < 1.29 is 9.53 Å². The SMILES string of the molecule is CN1Cc2ccccc2COC1=O. The molecule has 13 heavy (non-hydrogen) atoms. The molecule has 0 spiro atoms. The predicted molar refractivity (Wildman–Crippen MR) is 48.1 cm³/mol. The van der Waals surface area contributed by atoms with Gasteiger partial charge in [-0.2, -0.15) is 0 Å². The van der Waals surface area contributed by atoms with Crippen molar-refractivity contribution in [1.29, 1.82) is 0 Å². The van der Waals surface area contributed by atoms with Gasteiger partial charge in [-0.3, -0.25) is 0 Å². The van der Waals surface area contributed by atoms with E-state index in [9.17, 15) is 4.79 Å². The minimum atomic E-state index is -0.254. The van der Waals surface area contributed by atoms with Gasteiger partial charge >= 0.3 is 6.09 Å². The summed E-state index contributed by atoms with van der Waals surface area (Å²) in [6, 6.07) is 7.94. The van der Waals surface area contributed by atoms with E-state index in [1.54, 1.807) is 11.9 Å². The Morgan fingerprint density at radius 3 is 2.77 bits per heavy atom. The summed E-state index contributed by atoms with van der Waals surface area (Å²) in [6.07, 6.45) is -0.254. The Morgan fingerprint density at radius 2 is 2.00 bits per heavy atom. The summed E-state index contributed by atoms with van der Waals surface area (Å²) < 4.78 is 5.03. The van der Waals surface area contributed by atoms with E-state index in [1.807, 2.05) is 24.3 Å². The first-order valence-corrected chi connectivity index (χ1v) is 4.22. The standard InChI is InChI=1S/C10H11NO2/c1-11-6-8-4-2-3-5-9(8)7-13-10(11)12/h2-5H,6-7H2,1H3. The molecule has 0 aliphatic carbocycles. The second-order valence-electron chi connectivity index (χ2n) is 3.18. The fraction of sp³-hybridized carbons (Fsp3) is 0.300. The summed E-state index contributed by atoms with van der Waals surface area (Å²) >= 11 is 0. The number of carbonyl (C=O) groups is 1. The lowest BCUT2D eigenvalue weighted by molar-refractivity contribution is 0.109. The molecule has 68 valence electrons. The number of cyclic esters (lactones) is 1. The van der Waals surface area contributed by atoms with Gasteiger partial charge in [0.25, 0.3) is 0 Å². The smallest absolute Gasteiger partial charge is 0.410 e. The van der Waals surface area contributed by atoms with Gasteiger partial charge in [-0.1, -0.05) is 24.3 Å². The summed E-state index contributed by atoms with van der Waals surface area (Å²) in [6.45, 7) is 1.02. The zero-order chi connectivity index (χ0) is 9.26. The maximum absolute atomic E-state index is 11.2. The van der Waals surface area contributed by atoms with Crippen molar-refractivity contribution in [3.63, 3.8) is 0 Å². The van der Waals surface area contributed by atoms with E-state index >= 15 is 0 Å². The topological polar surface area (TPSA) is 29.5 Å². The number of fused-ring (bicyclic) bond motifs is 1. The van der Waals surface area contributed by atoms with Crippen molar-refractivity contribution in [2.75, 3.05) is 7.05 Å². The Kier molecular flexibility index (Phi) is 1.93. The van der Waals surface area contributed by atoms with Gasteiger partial charge in [0.15, 0.2) is 0 Å². The van der Waals surface area contributed by atoms with Gasteiger partial charge < -0.3 is 9.64 Å². The van der Waals surface area contributed by atoms with E-state index in [1.165, 1.54) is 0 Å². The molecule has 3 nitrogen and oxygen atoms in total. The second-order valence-corrected chi connectivity index (χ2v) is 3.18. The maximum Gasteiger partial charge on any atom is 0.410 e. The Hall–Kier alpha value is -1.51. The molecule has 0 radical (unpaired) electrons. The average molecular weight is 177 g/mol. The Balaban J connectivity index is 2.35. The van der Waals surface area contributed by atoms with Crippen LogP contribution in [0.5, 0.6) is 0 Å². The molecule has 0 bridgehead atoms.